The summed E-state index contributed by atoms with van der Waals surface area (Å²) in [6.07, 6.45) is 2.83. The molecule has 1 saturated carbocycles. The van der Waals surface area contributed by atoms with Crippen LogP contribution in [0.5, 0.6) is 5.75 Å². The van der Waals surface area contributed by atoms with Crippen molar-refractivity contribution in [2.24, 2.45) is 5.92 Å². The number of likely N-dealkylation sites (tertiary alicyclic amines) is 1. The van der Waals surface area contributed by atoms with Gasteiger partial charge in [0.25, 0.3) is 0 Å². The van der Waals surface area contributed by atoms with E-state index < -0.39 is 0 Å². The van der Waals surface area contributed by atoms with Gasteiger partial charge in [-0.25, -0.2) is 4.39 Å². The summed E-state index contributed by atoms with van der Waals surface area (Å²) in [7, 11) is 0. The first-order valence-corrected chi connectivity index (χ1v) is 8.96. The van der Waals surface area contributed by atoms with Crippen LogP contribution in [0.3, 0.4) is 0 Å². The molecule has 0 radical (unpaired) electrons. The fourth-order valence-corrected chi connectivity index (χ4v) is 3.57. The molecule has 1 saturated heterocycles. The molecule has 2 aromatic carbocycles. The minimum atomic E-state index is -0.267. The van der Waals surface area contributed by atoms with Crippen molar-refractivity contribution in [2.45, 2.75) is 31.3 Å². The third-order valence-corrected chi connectivity index (χ3v) is 5.12. The van der Waals surface area contributed by atoms with Gasteiger partial charge in [-0.05, 0) is 42.7 Å². The largest absolute Gasteiger partial charge is 0.490 e. The van der Waals surface area contributed by atoms with Crippen LogP contribution in [0, 0.1) is 11.7 Å². The van der Waals surface area contributed by atoms with Crippen LogP contribution in [0.25, 0.3) is 0 Å². The van der Waals surface area contributed by atoms with Crippen molar-refractivity contribution in [1.82, 2.24) is 4.90 Å². The topological polar surface area (TPSA) is 29.5 Å². The number of amides is 1. The summed E-state index contributed by atoms with van der Waals surface area (Å²) in [4.78, 5) is 14.5. The quantitative estimate of drug-likeness (QED) is 0.843. The molecule has 0 N–H and O–H groups in total. The van der Waals surface area contributed by atoms with Crippen LogP contribution < -0.4 is 4.74 Å². The fourth-order valence-electron chi connectivity index (χ4n) is 3.57. The van der Waals surface area contributed by atoms with Crippen molar-refractivity contribution < 1.29 is 13.9 Å². The SMILES string of the molecule is O=C(C1CC1)N1CC[C@@H](Oc2ccc(F)cc2)[C@@H](c2ccccc2)C1. The number of halogens is 1. The Bertz CT molecular complexity index is 727. The Hall–Kier alpha value is -2.36. The highest BCUT2D eigenvalue weighted by molar-refractivity contribution is 5.81. The van der Waals surface area contributed by atoms with Gasteiger partial charge in [0.05, 0.1) is 0 Å². The lowest BCUT2D eigenvalue weighted by Crippen LogP contribution is -2.47. The molecule has 2 aromatic rings. The first-order chi connectivity index (χ1) is 12.2. The molecule has 0 aromatic heterocycles. The molecule has 0 bridgehead atoms. The van der Waals surface area contributed by atoms with Gasteiger partial charge < -0.3 is 9.64 Å². The average Bonchev–Trinajstić information content (AvgIpc) is 3.49. The molecular formula is C21H22FNO2. The van der Waals surface area contributed by atoms with E-state index in [-0.39, 0.29) is 23.8 Å². The zero-order chi connectivity index (χ0) is 17.2. The predicted molar refractivity (Wildman–Crippen MR) is 93.9 cm³/mol. The lowest BCUT2D eigenvalue weighted by atomic mass is 9.87. The van der Waals surface area contributed by atoms with E-state index >= 15 is 0 Å². The van der Waals surface area contributed by atoms with E-state index in [1.54, 1.807) is 12.1 Å². The van der Waals surface area contributed by atoms with E-state index in [1.807, 2.05) is 23.1 Å². The van der Waals surface area contributed by atoms with Gasteiger partial charge in [-0.1, -0.05) is 30.3 Å². The number of rotatable bonds is 4. The smallest absolute Gasteiger partial charge is 0.225 e. The molecule has 4 heteroatoms. The van der Waals surface area contributed by atoms with Crippen molar-refractivity contribution in [1.29, 1.82) is 0 Å². The summed E-state index contributed by atoms with van der Waals surface area (Å²) in [5, 5.41) is 0. The fraction of sp³-hybridized carbons (Fsp3) is 0.381. The van der Waals surface area contributed by atoms with E-state index in [2.05, 4.69) is 12.1 Å². The maximum Gasteiger partial charge on any atom is 0.225 e. The molecule has 0 spiro atoms. The molecule has 4 rings (SSSR count). The minimum absolute atomic E-state index is 0.0175. The first-order valence-electron chi connectivity index (χ1n) is 8.96. The molecule has 25 heavy (non-hydrogen) atoms. The van der Waals surface area contributed by atoms with E-state index in [4.69, 9.17) is 4.74 Å². The van der Waals surface area contributed by atoms with Crippen LogP contribution in [0.1, 0.15) is 30.7 Å². The van der Waals surface area contributed by atoms with Crippen LogP contribution >= 0.6 is 0 Å². The van der Waals surface area contributed by atoms with Crippen molar-refractivity contribution >= 4 is 5.91 Å². The van der Waals surface area contributed by atoms with Crippen molar-refractivity contribution in [3.63, 3.8) is 0 Å². The monoisotopic (exact) mass is 339 g/mol. The molecule has 2 fully saturated rings. The summed E-state index contributed by atoms with van der Waals surface area (Å²) in [5.41, 5.74) is 1.18. The standard InChI is InChI=1S/C21H22FNO2/c22-17-8-10-18(11-9-17)25-20-12-13-23(21(24)16-6-7-16)14-19(20)15-4-2-1-3-5-15/h1-5,8-11,16,19-20H,6-7,12-14H2/t19-,20-/m1/s1. The van der Waals surface area contributed by atoms with Crippen LogP contribution in [0.15, 0.2) is 54.6 Å². The molecule has 1 aliphatic heterocycles. The molecular weight excluding hydrogens is 317 g/mol. The molecule has 2 aliphatic rings. The predicted octanol–water partition coefficient (Wildman–Crippen LogP) is 4.00. The second-order valence-corrected chi connectivity index (χ2v) is 6.97. The van der Waals surface area contributed by atoms with Gasteiger partial charge in [0.2, 0.25) is 5.91 Å². The molecule has 1 heterocycles. The Morgan fingerprint density at radius 3 is 2.40 bits per heavy atom. The Labute approximate surface area is 147 Å². The van der Waals surface area contributed by atoms with Gasteiger partial charge in [-0.3, -0.25) is 4.79 Å². The number of nitrogens with zero attached hydrogens (tertiary/aromatic N) is 1. The zero-order valence-electron chi connectivity index (χ0n) is 14.1. The Kier molecular flexibility index (Phi) is 4.43. The van der Waals surface area contributed by atoms with Crippen LogP contribution in [-0.4, -0.2) is 30.0 Å². The van der Waals surface area contributed by atoms with Gasteiger partial charge in [0.1, 0.15) is 17.7 Å². The highest BCUT2D eigenvalue weighted by Gasteiger charge is 2.39. The first kappa shape index (κ1) is 16.1. The maximum atomic E-state index is 13.1. The van der Waals surface area contributed by atoms with E-state index in [0.29, 0.717) is 18.2 Å². The summed E-state index contributed by atoms with van der Waals surface area (Å²) >= 11 is 0. The third-order valence-electron chi connectivity index (χ3n) is 5.12. The van der Waals surface area contributed by atoms with Crippen LogP contribution in [0.4, 0.5) is 4.39 Å². The Morgan fingerprint density at radius 1 is 1.00 bits per heavy atom. The minimum Gasteiger partial charge on any atom is -0.490 e. The van der Waals surface area contributed by atoms with E-state index in [1.165, 1.54) is 17.7 Å². The van der Waals surface area contributed by atoms with Gasteiger partial charge in [-0.2, -0.15) is 0 Å². The molecule has 2 atom stereocenters. The highest BCUT2D eigenvalue weighted by atomic mass is 19.1. The Morgan fingerprint density at radius 2 is 1.72 bits per heavy atom. The van der Waals surface area contributed by atoms with Crippen LogP contribution in [-0.2, 0) is 4.79 Å². The number of ether oxygens (including phenoxy) is 1. The summed E-state index contributed by atoms with van der Waals surface area (Å²) in [6, 6.07) is 16.4. The number of carbonyl (C=O) groups excluding carboxylic acids is 1. The van der Waals surface area contributed by atoms with Crippen molar-refractivity contribution in [3.8, 4) is 5.75 Å². The number of hydrogen-bond acceptors (Lipinski definition) is 2. The van der Waals surface area contributed by atoms with Gasteiger partial charge in [0.15, 0.2) is 0 Å². The summed E-state index contributed by atoms with van der Waals surface area (Å²) < 4.78 is 19.3. The summed E-state index contributed by atoms with van der Waals surface area (Å²) in [5.74, 6) is 1.07. The van der Waals surface area contributed by atoms with Crippen molar-refractivity contribution in [2.75, 3.05) is 13.1 Å². The maximum absolute atomic E-state index is 13.1. The van der Waals surface area contributed by atoms with Crippen LogP contribution in [0.2, 0.25) is 0 Å². The number of carbonyl (C=O) groups is 1. The second kappa shape index (κ2) is 6.87. The van der Waals surface area contributed by atoms with E-state index in [9.17, 15) is 9.18 Å². The molecule has 1 aliphatic carbocycles. The lowest BCUT2D eigenvalue weighted by molar-refractivity contribution is -0.134. The summed E-state index contributed by atoms with van der Waals surface area (Å²) in [6.45, 7) is 1.41. The highest BCUT2D eigenvalue weighted by Crippen LogP contribution is 2.35. The molecule has 1 amide bonds. The Balaban J connectivity index is 1.54. The zero-order valence-corrected chi connectivity index (χ0v) is 14.1. The number of piperidine rings is 1. The van der Waals surface area contributed by atoms with E-state index in [0.717, 1.165) is 25.8 Å². The normalized spacial score (nSPS) is 23.3. The van der Waals surface area contributed by atoms with Gasteiger partial charge in [-0.15, -0.1) is 0 Å². The van der Waals surface area contributed by atoms with Crippen molar-refractivity contribution in [3.05, 3.63) is 66.0 Å². The molecule has 130 valence electrons. The number of benzene rings is 2. The van der Waals surface area contributed by atoms with Gasteiger partial charge >= 0.3 is 0 Å². The number of hydrogen-bond donors (Lipinski definition) is 0. The molecule has 0 unspecified atom stereocenters. The van der Waals surface area contributed by atoms with Gasteiger partial charge in [0, 0.05) is 31.3 Å². The average molecular weight is 339 g/mol. The molecule has 3 nitrogen and oxygen atoms in total. The second-order valence-electron chi connectivity index (χ2n) is 6.97. The lowest BCUT2D eigenvalue weighted by Gasteiger charge is -2.39. The third kappa shape index (κ3) is 3.68.